The van der Waals surface area contributed by atoms with Crippen molar-refractivity contribution in [1.29, 1.82) is 0 Å². The number of hydrogen-bond acceptors (Lipinski definition) is 4. The summed E-state index contributed by atoms with van der Waals surface area (Å²) in [5.74, 6) is -0.0111. The first-order valence-electron chi connectivity index (χ1n) is 7.53. The van der Waals surface area contributed by atoms with Crippen molar-refractivity contribution in [3.05, 3.63) is 53.6 Å². The van der Waals surface area contributed by atoms with Gasteiger partial charge in [-0.3, -0.25) is 4.79 Å². The average Bonchev–Trinajstić information content (AvgIpc) is 2.58. The molecule has 1 saturated heterocycles. The molecule has 1 amide bonds. The van der Waals surface area contributed by atoms with E-state index in [-0.39, 0.29) is 5.91 Å². The van der Waals surface area contributed by atoms with Crippen LogP contribution in [0.4, 0.5) is 5.69 Å². The van der Waals surface area contributed by atoms with Gasteiger partial charge in [0.15, 0.2) is 0 Å². The summed E-state index contributed by atoms with van der Waals surface area (Å²) in [6.07, 6.45) is 3.02. The number of nitrogens with zero attached hydrogens (tertiary/aromatic N) is 4. The first-order chi connectivity index (χ1) is 10.7. The van der Waals surface area contributed by atoms with Crippen LogP contribution in [0.2, 0.25) is 0 Å². The highest BCUT2D eigenvalue weighted by Gasteiger charge is 2.23. The Balaban J connectivity index is 1.68. The maximum absolute atomic E-state index is 12.4. The van der Waals surface area contributed by atoms with Crippen molar-refractivity contribution < 1.29 is 4.79 Å². The van der Waals surface area contributed by atoms with Crippen LogP contribution in [-0.2, 0) is 0 Å². The third kappa shape index (κ3) is 2.79. The summed E-state index contributed by atoms with van der Waals surface area (Å²) in [6, 6.07) is 8.05. The Morgan fingerprint density at radius 2 is 1.86 bits per heavy atom. The van der Waals surface area contributed by atoms with Crippen LogP contribution in [0, 0.1) is 13.8 Å². The number of piperazine rings is 1. The van der Waals surface area contributed by atoms with Crippen LogP contribution < -0.4 is 4.90 Å². The zero-order chi connectivity index (χ0) is 15.5. The van der Waals surface area contributed by atoms with Crippen molar-refractivity contribution in [1.82, 2.24) is 14.9 Å². The standard InChI is InChI=1S/C17H20N4O/c1-13-4-3-5-16(14(13)2)20-8-10-21(11-9-20)17(22)15-6-7-18-12-19-15/h3-7,12H,8-11H2,1-2H3. The van der Waals surface area contributed by atoms with Crippen molar-refractivity contribution >= 4 is 11.6 Å². The molecule has 0 unspecified atom stereocenters. The van der Waals surface area contributed by atoms with Crippen molar-refractivity contribution in [2.75, 3.05) is 31.1 Å². The number of amides is 1. The van der Waals surface area contributed by atoms with Gasteiger partial charge in [0.25, 0.3) is 5.91 Å². The third-order valence-electron chi connectivity index (χ3n) is 4.28. The molecule has 2 aromatic rings. The summed E-state index contributed by atoms with van der Waals surface area (Å²) in [6.45, 7) is 7.42. The molecule has 1 aliphatic rings. The minimum absolute atomic E-state index is 0.0111. The van der Waals surface area contributed by atoms with Gasteiger partial charge in [-0.25, -0.2) is 9.97 Å². The topological polar surface area (TPSA) is 49.3 Å². The van der Waals surface area contributed by atoms with E-state index >= 15 is 0 Å². The first-order valence-corrected chi connectivity index (χ1v) is 7.53. The van der Waals surface area contributed by atoms with Crippen LogP contribution in [0.5, 0.6) is 0 Å². The second kappa shape index (κ2) is 6.13. The summed E-state index contributed by atoms with van der Waals surface area (Å²) >= 11 is 0. The Hall–Kier alpha value is -2.43. The van der Waals surface area contributed by atoms with Gasteiger partial charge in [-0.15, -0.1) is 0 Å². The maximum Gasteiger partial charge on any atom is 0.272 e. The number of benzene rings is 1. The predicted molar refractivity (Wildman–Crippen MR) is 86.1 cm³/mol. The molecule has 0 atom stereocenters. The molecule has 2 heterocycles. The van der Waals surface area contributed by atoms with E-state index < -0.39 is 0 Å². The van der Waals surface area contributed by atoms with Crippen molar-refractivity contribution in [2.45, 2.75) is 13.8 Å². The van der Waals surface area contributed by atoms with Crippen LogP contribution >= 0.6 is 0 Å². The smallest absolute Gasteiger partial charge is 0.272 e. The molecule has 22 heavy (non-hydrogen) atoms. The lowest BCUT2D eigenvalue weighted by molar-refractivity contribution is 0.0740. The van der Waals surface area contributed by atoms with E-state index in [4.69, 9.17) is 0 Å². The molecule has 0 N–H and O–H groups in total. The highest BCUT2D eigenvalue weighted by molar-refractivity contribution is 5.92. The van der Waals surface area contributed by atoms with Gasteiger partial charge in [-0.1, -0.05) is 12.1 Å². The van der Waals surface area contributed by atoms with Gasteiger partial charge in [0.2, 0.25) is 0 Å². The first kappa shape index (κ1) is 14.5. The Bertz CT molecular complexity index is 664. The number of carbonyl (C=O) groups excluding carboxylic acids is 1. The molecule has 0 aliphatic carbocycles. The fourth-order valence-electron chi connectivity index (χ4n) is 2.81. The molecule has 3 rings (SSSR count). The van der Waals surface area contributed by atoms with Gasteiger partial charge in [-0.2, -0.15) is 0 Å². The highest BCUT2D eigenvalue weighted by Crippen LogP contribution is 2.24. The number of hydrogen-bond donors (Lipinski definition) is 0. The van der Waals surface area contributed by atoms with Crippen molar-refractivity contribution in [2.24, 2.45) is 0 Å². The monoisotopic (exact) mass is 296 g/mol. The van der Waals surface area contributed by atoms with Gasteiger partial charge >= 0.3 is 0 Å². The molecular formula is C17H20N4O. The Kier molecular flexibility index (Phi) is 4.04. The predicted octanol–water partition coefficient (Wildman–Crippen LogP) is 2.06. The molecule has 0 spiro atoms. The van der Waals surface area contributed by atoms with Gasteiger partial charge in [0.1, 0.15) is 12.0 Å². The highest BCUT2D eigenvalue weighted by atomic mass is 16.2. The lowest BCUT2D eigenvalue weighted by Gasteiger charge is -2.36. The molecule has 1 fully saturated rings. The van der Waals surface area contributed by atoms with Crippen LogP contribution in [0.1, 0.15) is 21.6 Å². The van der Waals surface area contributed by atoms with E-state index in [1.54, 1.807) is 12.3 Å². The average molecular weight is 296 g/mol. The minimum Gasteiger partial charge on any atom is -0.368 e. The second-order valence-corrected chi connectivity index (χ2v) is 5.59. The minimum atomic E-state index is -0.0111. The molecule has 0 saturated carbocycles. The Morgan fingerprint density at radius 3 is 2.55 bits per heavy atom. The van der Waals surface area contributed by atoms with Gasteiger partial charge < -0.3 is 9.80 Å². The normalized spacial score (nSPS) is 15.0. The van der Waals surface area contributed by atoms with E-state index in [0.29, 0.717) is 5.69 Å². The van der Waals surface area contributed by atoms with Crippen LogP contribution in [0.3, 0.4) is 0 Å². The van der Waals surface area contributed by atoms with Crippen LogP contribution in [0.15, 0.2) is 36.8 Å². The summed E-state index contributed by atoms with van der Waals surface area (Å²) in [4.78, 5) is 24.5. The number of carbonyl (C=O) groups is 1. The molecule has 5 heteroatoms. The molecule has 5 nitrogen and oxygen atoms in total. The maximum atomic E-state index is 12.4. The Labute approximate surface area is 130 Å². The Morgan fingerprint density at radius 1 is 1.09 bits per heavy atom. The summed E-state index contributed by atoms with van der Waals surface area (Å²) < 4.78 is 0. The molecule has 1 aromatic carbocycles. The molecule has 114 valence electrons. The van der Waals surface area contributed by atoms with Crippen molar-refractivity contribution in [3.63, 3.8) is 0 Å². The lowest BCUT2D eigenvalue weighted by Crippen LogP contribution is -2.49. The number of aromatic nitrogens is 2. The molecule has 1 aliphatic heterocycles. The fourth-order valence-corrected chi connectivity index (χ4v) is 2.81. The van der Waals surface area contributed by atoms with E-state index in [9.17, 15) is 4.79 Å². The van der Waals surface area contributed by atoms with Crippen LogP contribution in [-0.4, -0.2) is 47.0 Å². The summed E-state index contributed by atoms with van der Waals surface area (Å²) in [5.41, 5.74) is 4.36. The molecule has 0 radical (unpaired) electrons. The molecule has 1 aromatic heterocycles. The van der Waals surface area contributed by atoms with Crippen LogP contribution in [0.25, 0.3) is 0 Å². The van der Waals surface area contributed by atoms with E-state index in [0.717, 1.165) is 26.2 Å². The zero-order valence-corrected chi connectivity index (χ0v) is 13.0. The number of rotatable bonds is 2. The van der Waals surface area contributed by atoms with E-state index in [1.807, 2.05) is 4.90 Å². The van der Waals surface area contributed by atoms with Crippen molar-refractivity contribution in [3.8, 4) is 0 Å². The number of anilines is 1. The third-order valence-corrected chi connectivity index (χ3v) is 4.28. The lowest BCUT2D eigenvalue weighted by atomic mass is 10.1. The molecule has 0 bridgehead atoms. The zero-order valence-electron chi connectivity index (χ0n) is 13.0. The van der Waals surface area contributed by atoms with Gasteiger partial charge in [-0.05, 0) is 37.1 Å². The largest absolute Gasteiger partial charge is 0.368 e. The molecular weight excluding hydrogens is 276 g/mol. The van der Waals surface area contributed by atoms with Gasteiger partial charge in [0, 0.05) is 38.1 Å². The summed E-state index contributed by atoms with van der Waals surface area (Å²) in [5, 5.41) is 0. The quantitative estimate of drug-likeness (QED) is 0.851. The number of aryl methyl sites for hydroxylation is 1. The SMILES string of the molecule is Cc1cccc(N2CCN(C(=O)c3ccncn3)CC2)c1C. The summed E-state index contributed by atoms with van der Waals surface area (Å²) in [7, 11) is 0. The van der Waals surface area contributed by atoms with E-state index in [2.05, 4.69) is 46.9 Å². The van der Waals surface area contributed by atoms with E-state index in [1.165, 1.54) is 23.1 Å². The fraction of sp³-hybridized carbons (Fsp3) is 0.353. The second-order valence-electron chi connectivity index (χ2n) is 5.59. The van der Waals surface area contributed by atoms with Gasteiger partial charge in [0.05, 0.1) is 0 Å².